The van der Waals surface area contributed by atoms with Gasteiger partial charge < -0.3 is 5.32 Å². The van der Waals surface area contributed by atoms with Crippen molar-refractivity contribution in [3.05, 3.63) is 87.4 Å². The smallest absolute Gasteiger partial charge is 0.234 e. The topological polar surface area (TPSA) is 59.8 Å². The average Bonchev–Trinajstić information content (AvgIpc) is 3.26. The maximum absolute atomic E-state index is 12.8. The summed E-state index contributed by atoms with van der Waals surface area (Å²) >= 11 is 14.1. The van der Waals surface area contributed by atoms with Crippen molar-refractivity contribution < 1.29 is 4.79 Å². The highest BCUT2D eigenvalue weighted by Crippen LogP contribution is 2.36. The van der Waals surface area contributed by atoms with Gasteiger partial charge in [-0.25, -0.2) is 0 Å². The molecular formula is C27H26Cl2N4OS. The minimum absolute atomic E-state index is 0.107. The lowest BCUT2D eigenvalue weighted by molar-refractivity contribution is -0.113. The van der Waals surface area contributed by atoms with E-state index >= 15 is 0 Å². The van der Waals surface area contributed by atoms with Crippen molar-refractivity contribution in [2.24, 2.45) is 0 Å². The second kappa shape index (κ2) is 11.3. The lowest BCUT2D eigenvalue weighted by atomic mass is 10.0. The Kier molecular flexibility index (Phi) is 8.16. The number of hydrogen-bond donors (Lipinski definition) is 1. The molecule has 4 rings (SSSR count). The molecule has 5 nitrogen and oxygen atoms in total. The first-order valence-corrected chi connectivity index (χ1v) is 13.2. The molecule has 35 heavy (non-hydrogen) atoms. The Hall–Kier alpha value is -2.80. The van der Waals surface area contributed by atoms with Gasteiger partial charge in [-0.15, -0.1) is 10.2 Å². The van der Waals surface area contributed by atoms with E-state index in [-0.39, 0.29) is 11.7 Å². The Bertz CT molecular complexity index is 1350. The van der Waals surface area contributed by atoms with Gasteiger partial charge in [-0.3, -0.25) is 9.36 Å². The van der Waals surface area contributed by atoms with Crippen LogP contribution in [-0.2, 0) is 17.6 Å². The Labute approximate surface area is 219 Å². The summed E-state index contributed by atoms with van der Waals surface area (Å²) in [5, 5.41) is 13.7. The Balaban J connectivity index is 1.75. The Morgan fingerprint density at radius 2 is 1.69 bits per heavy atom. The molecule has 0 aliphatic rings. The summed E-state index contributed by atoms with van der Waals surface area (Å²) in [6, 6.07) is 19.4. The largest absolute Gasteiger partial charge is 0.325 e. The predicted molar refractivity (Wildman–Crippen MR) is 146 cm³/mol. The number of anilines is 1. The molecule has 0 saturated heterocycles. The first-order chi connectivity index (χ1) is 16.9. The lowest BCUT2D eigenvalue weighted by Gasteiger charge is -2.18. The highest BCUT2D eigenvalue weighted by molar-refractivity contribution is 7.99. The molecular weight excluding hydrogens is 499 g/mol. The van der Waals surface area contributed by atoms with Gasteiger partial charge in [0.25, 0.3) is 0 Å². The average molecular weight is 526 g/mol. The van der Waals surface area contributed by atoms with E-state index in [1.165, 1.54) is 22.9 Å². The van der Waals surface area contributed by atoms with E-state index in [0.29, 0.717) is 21.0 Å². The van der Waals surface area contributed by atoms with Crippen molar-refractivity contribution in [2.75, 3.05) is 11.1 Å². The van der Waals surface area contributed by atoms with Gasteiger partial charge in [-0.05, 0) is 60.7 Å². The van der Waals surface area contributed by atoms with Gasteiger partial charge in [-0.1, -0.05) is 85.2 Å². The fraction of sp³-hybridized carbons (Fsp3) is 0.222. The summed E-state index contributed by atoms with van der Waals surface area (Å²) in [6.45, 7) is 6.22. The van der Waals surface area contributed by atoms with Crippen molar-refractivity contribution in [1.29, 1.82) is 0 Å². The standard InChI is InChI=1S/C27H26Cl2N4OS/c1-4-18-10-8-11-19(5-2)25(18)33-26(21-14-13-20(28)15-22(21)29)31-32-27(33)35-16-24(34)30-23-12-7-6-9-17(23)3/h6-15H,4-5,16H2,1-3H3,(H,30,34). The molecule has 0 saturated carbocycles. The molecule has 8 heteroatoms. The van der Waals surface area contributed by atoms with Crippen LogP contribution in [0.5, 0.6) is 0 Å². The Morgan fingerprint density at radius 1 is 0.971 bits per heavy atom. The van der Waals surface area contributed by atoms with E-state index in [9.17, 15) is 4.79 Å². The molecule has 1 heterocycles. The van der Waals surface area contributed by atoms with Crippen LogP contribution in [0.15, 0.2) is 65.8 Å². The van der Waals surface area contributed by atoms with E-state index in [1.807, 2.05) is 41.8 Å². The van der Waals surface area contributed by atoms with Crippen molar-refractivity contribution >= 4 is 46.6 Å². The number of benzene rings is 3. The molecule has 1 amide bonds. The van der Waals surface area contributed by atoms with Gasteiger partial charge in [0.15, 0.2) is 11.0 Å². The van der Waals surface area contributed by atoms with E-state index in [1.54, 1.807) is 12.1 Å². The van der Waals surface area contributed by atoms with Crippen molar-refractivity contribution in [3.63, 3.8) is 0 Å². The van der Waals surface area contributed by atoms with Gasteiger partial charge in [0.1, 0.15) is 0 Å². The second-order valence-electron chi connectivity index (χ2n) is 8.05. The van der Waals surface area contributed by atoms with E-state index in [2.05, 4.69) is 47.6 Å². The number of amides is 1. The first-order valence-electron chi connectivity index (χ1n) is 11.4. The highest BCUT2D eigenvalue weighted by Gasteiger charge is 2.22. The predicted octanol–water partition coefficient (Wildman–Crippen LogP) is 7.41. The van der Waals surface area contributed by atoms with Crippen LogP contribution in [0.4, 0.5) is 5.69 Å². The quantitative estimate of drug-likeness (QED) is 0.244. The maximum Gasteiger partial charge on any atom is 0.234 e. The van der Waals surface area contributed by atoms with Gasteiger partial charge in [0.2, 0.25) is 5.91 Å². The third-order valence-corrected chi connectivity index (χ3v) is 7.22. The molecule has 1 aromatic heterocycles. The van der Waals surface area contributed by atoms with Gasteiger partial charge in [0.05, 0.1) is 16.5 Å². The lowest BCUT2D eigenvalue weighted by Crippen LogP contribution is -2.15. The Morgan fingerprint density at radius 3 is 2.34 bits per heavy atom. The monoisotopic (exact) mass is 524 g/mol. The van der Waals surface area contributed by atoms with Gasteiger partial charge >= 0.3 is 0 Å². The zero-order chi connectivity index (χ0) is 24.9. The number of halogens is 2. The van der Waals surface area contributed by atoms with E-state index in [0.717, 1.165) is 35.3 Å². The molecule has 3 aromatic carbocycles. The van der Waals surface area contributed by atoms with E-state index in [4.69, 9.17) is 23.2 Å². The minimum Gasteiger partial charge on any atom is -0.325 e. The molecule has 0 radical (unpaired) electrons. The number of thioether (sulfide) groups is 1. The summed E-state index contributed by atoms with van der Waals surface area (Å²) < 4.78 is 2.03. The van der Waals surface area contributed by atoms with Crippen LogP contribution in [0.25, 0.3) is 17.1 Å². The van der Waals surface area contributed by atoms with Crippen molar-refractivity contribution in [1.82, 2.24) is 14.8 Å². The number of rotatable bonds is 8. The summed E-state index contributed by atoms with van der Waals surface area (Å²) in [4.78, 5) is 12.8. The molecule has 0 atom stereocenters. The fourth-order valence-electron chi connectivity index (χ4n) is 3.94. The van der Waals surface area contributed by atoms with Crippen LogP contribution >= 0.6 is 35.0 Å². The van der Waals surface area contributed by atoms with Crippen LogP contribution in [0.3, 0.4) is 0 Å². The van der Waals surface area contributed by atoms with Crippen LogP contribution in [0, 0.1) is 6.92 Å². The van der Waals surface area contributed by atoms with Crippen LogP contribution in [0.2, 0.25) is 10.0 Å². The number of para-hydroxylation sites is 2. The van der Waals surface area contributed by atoms with Crippen molar-refractivity contribution in [2.45, 2.75) is 38.8 Å². The summed E-state index contributed by atoms with van der Waals surface area (Å²) in [5.74, 6) is 0.699. The SMILES string of the molecule is CCc1cccc(CC)c1-n1c(SCC(=O)Nc2ccccc2C)nnc1-c1ccc(Cl)cc1Cl. The molecule has 4 aromatic rings. The van der Waals surface area contributed by atoms with Crippen LogP contribution in [-0.4, -0.2) is 26.4 Å². The highest BCUT2D eigenvalue weighted by atomic mass is 35.5. The number of aryl methyl sites for hydroxylation is 3. The van der Waals surface area contributed by atoms with Crippen LogP contribution < -0.4 is 5.32 Å². The third-order valence-electron chi connectivity index (χ3n) is 5.75. The zero-order valence-electron chi connectivity index (χ0n) is 19.8. The summed E-state index contributed by atoms with van der Waals surface area (Å²) in [6.07, 6.45) is 1.68. The maximum atomic E-state index is 12.8. The van der Waals surface area contributed by atoms with E-state index < -0.39 is 0 Å². The summed E-state index contributed by atoms with van der Waals surface area (Å²) in [7, 11) is 0. The number of carbonyl (C=O) groups excluding carboxylic acids is 1. The minimum atomic E-state index is -0.107. The second-order valence-corrected chi connectivity index (χ2v) is 9.84. The van der Waals surface area contributed by atoms with Gasteiger partial charge in [0, 0.05) is 16.3 Å². The first kappa shape index (κ1) is 25.3. The molecule has 0 aliphatic carbocycles. The number of nitrogens with zero attached hydrogens (tertiary/aromatic N) is 3. The number of hydrogen-bond acceptors (Lipinski definition) is 4. The molecule has 0 fully saturated rings. The zero-order valence-corrected chi connectivity index (χ0v) is 22.1. The molecule has 0 bridgehead atoms. The molecule has 180 valence electrons. The summed E-state index contributed by atoms with van der Waals surface area (Å²) in [5.41, 5.74) is 5.91. The number of nitrogens with one attached hydrogen (secondary N) is 1. The fourth-order valence-corrected chi connectivity index (χ4v) is 5.17. The normalized spacial score (nSPS) is 11.0. The molecule has 0 aliphatic heterocycles. The molecule has 0 unspecified atom stereocenters. The number of carbonyl (C=O) groups is 1. The molecule has 0 spiro atoms. The third kappa shape index (κ3) is 5.56. The van der Waals surface area contributed by atoms with Gasteiger partial charge in [-0.2, -0.15) is 0 Å². The molecule has 1 N–H and O–H groups in total. The van der Waals surface area contributed by atoms with Crippen molar-refractivity contribution in [3.8, 4) is 17.1 Å². The van der Waals surface area contributed by atoms with Crippen LogP contribution in [0.1, 0.15) is 30.5 Å². The number of aromatic nitrogens is 3.